The van der Waals surface area contributed by atoms with E-state index in [1.165, 1.54) is 36.4 Å². The van der Waals surface area contributed by atoms with Gasteiger partial charge in [-0.3, -0.25) is 0 Å². The Labute approximate surface area is 123 Å². The first-order valence-electron chi connectivity index (χ1n) is 5.54. The standard InChI is InChI=1S/C14H10BrClF2O/c15-12-3-2-10(17)7-11(12)14(19)6-8-5-9(16)1-4-13(8)18/h1-5,7,14,19H,6H2. The molecule has 0 aliphatic rings. The molecule has 1 atom stereocenters. The number of aliphatic hydroxyl groups excluding tert-OH is 1. The molecule has 0 amide bonds. The van der Waals surface area contributed by atoms with Crippen molar-refractivity contribution in [3.05, 3.63) is 68.7 Å². The van der Waals surface area contributed by atoms with E-state index in [0.717, 1.165) is 0 Å². The molecule has 0 saturated carbocycles. The van der Waals surface area contributed by atoms with Crippen LogP contribution >= 0.6 is 27.5 Å². The molecule has 0 radical (unpaired) electrons. The molecule has 0 bridgehead atoms. The van der Waals surface area contributed by atoms with E-state index in [-0.39, 0.29) is 12.0 Å². The lowest BCUT2D eigenvalue weighted by Crippen LogP contribution is -2.05. The molecule has 1 unspecified atom stereocenters. The zero-order valence-electron chi connectivity index (χ0n) is 9.71. The van der Waals surface area contributed by atoms with Crippen molar-refractivity contribution >= 4 is 27.5 Å². The molecule has 1 N–H and O–H groups in total. The van der Waals surface area contributed by atoms with Gasteiger partial charge in [0.1, 0.15) is 11.6 Å². The molecular formula is C14H10BrClF2O. The van der Waals surface area contributed by atoms with Crippen molar-refractivity contribution in [2.45, 2.75) is 12.5 Å². The van der Waals surface area contributed by atoms with Crippen molar-refractivity contribution in [1.29, 1.82) is 0 Å². The van der Waals surface area contributed by atoms with Gasteiger partial charge < -0.3 is 5.11 Å². The Balaban J connectivity index is 2.27. The van der Waals surface area contributed by atoms with Crippen LogP contribution in [0.5, 0.6) is 0 Å². The summed E-state index contributed by atoms with van der Waals surface area (Å²) in [5.41, 5.74) is 0.663. The van der Waals surface area contributed by atoms with Gasteiger partial charge in [-0.25, -0.2) is 8.78 Å². The summed E-state index contributed by atoms with van der Waals surface area (Å²) in [4.78, 5) is 0. The number of hydrogen-bond donors (Lipinski definition) is 1. The lowest BCUT2D eigenvalue weighted by Gasteiger charge is -2.14. The molecule has 0 aromatic heterocycles. The van der Waals surface area contributed by atoms with Gasteiger partial charge in [-0.1, -0.05) is 27.5 Å². The molecule has 19 heavy (non-hydrogen) atoms. The summed E-state index contributed by atoms with van der Waals surface area (Å²) in [6, 6.07) is 8.13. The fourth-order valence-electron chi connectivity index (χ4n) is 1.79. The van der Waals surface area contributed by atoms with E-state index < -0.39 is 17.7 Å². The van der Waals surface area contributed by atoms with E-state index >= 15 is 0 Å². The van der Waals surface area contributed by atoms with Crippen molar-refractivity contribution in [3.63, 3.8) is 0 Å². The largest absolute Gasteiger partial charge is 0.388 e. The molecule has 0 fully saturated rings. The average molecular weight is 348 g/mol. The van der Waals surface area contributed by atoms with E-state index in [4.69, 9.17) is 11.6 Å². The summed E-state index contributed by atoms with van der Waals surface area (Å²) < 4.78 is 27.3. The SMILES string of the molecule is OC(Cc1cc(Cl)ccc1F)c1cc(F)ccc1Br. The van der Waals surface area contributed by atoms with E-state index in [2.05, 4.69) is 15.9 Å². The van der Waals surface area contributed by atoms with Crippen LogP contribution in [0.4, 0.5) is 8.78 Å². The van der Waals surface area contributed by atoms with Gasteiger partial charge in [0.2, 0.25) is 0 Å². The van der Waals surface area contributed by atoms with Crippen LogP contribution in [0.3, 0.4) is 0 Å². The zero-order chi connectivity index (χ0) is 14.0. The lowest BCUT2D eigenvalue weighted by atomic mass is 10.0. The first kappa shape index (κ1) is 14.4. The van der Waals surface area contributed by atoms with Gasteiger partial charge in [-0.15, -0.1) is 0 Å². The third-order valence-corrected chi connectivity index (χ3v) is 3.70. The molecule has 0 spiro atoms. The predicted molar refractivity (Wildman–Crippen MR) is 74.2 cm³/mol. The van der Waals surface area contributed by atoms with Crippen molar-refractivity contribution in [1.82, 2.24) is 0 Å². The fraction of sp³-hybridized carbons (Fsp3) is 0.143. The molecule has 5 heteroatoms. The summed E-state index contributed by atoms with van der Waals surface area (Å²) >= 11 is 9.02. The van der Waals surface area contributed by atoms with Crippen LogP contribution in [0.15, 0.2) is 40.9 Å². The highest BCUT2D eigenvalue weighted by Crippen LogP contribution is 2.28. The average Bonchev–Trinajstić information content (AvgIpc) is 2.36. The van der Waals surface area contributed by atoms with Gasteiger partial charge in [0.05, 0.1) is 6.10 Å². The van der Waals surface area contributed by atoms with E-state index in [0.29, 0.717) is 15.1 Å². The molecule has 0 heterocycles. The highest BCUT2D eigenvalue weighted by molar-refractivity contribution is 9.10. The summed E-state index contributed by atoms with van der Waals surface area (Å²) in [6.07, 6.45) is -0.993. The van der Waals surface area contributed by atoms with Crippen molar-refractivity contribution in [3.8, 4) is 0 Å². The van der Waals surface area contributed by atoms with Crippen molar-refractivity contribution in [2.75, 3.05) is 0 Å². The second-order valence-corrected chi connectivity index (χ2v) is 5.41. The van der Waals surface area contributed by atoms with Gasteiger partial charge in [-0.2, -0.15) is 0 Å². The van der Waals surface area contributed by atoms with Crippen LogP contribution in [0.2, 0.25) is 5.02 Å². The third-order valence-electron chi connectivity index (χ3n) is 2.74. The Morgan fingerprint density at radius 3 is 2.63 bits per heavy atom. The highest BCUT2D eigenvalue weighted by atomic mass is 79.9. The smallest absolute Gasteiger partial charge is 0.126 e. The van der Waals surface area contributed by atoms with Gasteiger partial charge in [0, 0.05) is 15.9 Å². The summed E-state index contributed by atoms with van der Waals surface area (Å²) in [7, 11) is 0. The lowest BCUT2D eigenvalue weighted by molar-refractivity contribution is 0.176. The maximum atomic E-state index is 13.6. The second-order valence-electron chi connectivity index (χ2n) is 4.12. The van der Waals surface area contributed by atoms with Crippen molar-refractivity contribution < 1.29 is 13.9 Å². The summed E-state index contributed by atoms with van der Waals surface area (Å²) in [5.74, 6) is -0.903. The molecule has 0 aliphatic carbocycles. The van der Waals surface area contributed by atoms with Crippen LogP contribution in [0.1, 0.15) is 17.2 Å². The predicted octanol–water partition coefficient (Wildman–Crippen LogP) is 4.66. The topological polar surface area (TPSA) is 20.2 Å². The van der Waals surface area contributed by atoms with Gasteiger partial charge in [0.15, 0.2) is 0 Å². The van der Waals surface area contributed by atoms with Gasteiger partial charge >= 0.3 is 0 Å². The molecule has 1 nitrogen and oxygen atoms in total. The highest BCUT2D eigenvalue weighted by Gasteiger charge is 2.15. The molecule has 100 valence electrons. The van der Waals surface area contributed by atoms with Crippen molar-refractivity contribution in [2.24, 2.45) is 0 Å². The minimum absolute atomic E-state index is 0.0223. The molecule has 2 aromatic rings. The Kier molecular flexibility index (Phi) is 4.55. The number of rotatable bonds is 3. The first-order valence-corrected chi connectivity index (χ1v) is 6.71. The minimum Gasteiger partial charge on any atom is -0.388 e. The van der Waals surface area contributed by atoms with E-state index in [1.54, 1.807) is 0 Å². The Morgan fingerprint density at radius 2 is 1.89 bits per heavy atom. The molecule has 0 aliphatic heterocycles. The Bertz CT molecular complexity index is 604. The summed E-state index contributed by atoms with van der Waals surface area (Å²) in [6.45, 7) is 0. The fourth-order valence-corrected chi connectivity index (χ4v) is 2.49. The van der Waals surface area contributed by atoms with Gasteiger partial charge in [-0.05, 0) is 47.5 Å². The van der Waals surface area contributed by atoms with Gasteiger partial charge in [0.25, 0.3) is 0 Å². The maximum Gasteiger partial charge on any atom is 0.126 e. The second kappa shape index (κ2) is 5.99. The van der Waals surface area contributed by atoms with Crippen LogP contribution in [0.25, 0.3) is 0 Å². The third kappa shape index (κ3) is 3.53. The number of benzene rings is 2. The van der Waals surface area contributed by atoms with Crippen LogP contribution in [-0.4, -0.2) is 5.11 Å². The Morgan fingerprint density at radius 1 is 1.16 bits per heavy atom. The number of hydrogen-bond acceptors (Lipinski definition) is 1. The maximum absolute atomic E-state index is 13.6. The van der Waals surface area contributed by atoms with E-state index in [9.17, 15) is 13.9 Å². The van der Waals surface area contributed by atoms with Crippen LogP contribution in [0, 0.1) is 11.6 Å². The number of halogens is 4. The molecule has 2 rings (SSSR count). The quantitative estimate of drug-likeness (QED) is 0.856. The van der Waals surface area contributed by atoms with Crippen LogP contribution < -0.4 is 0 Å². The number of aliphatic hydroxyl groups is 1. The summed E-state index contributed by atoms with van der Waals surface area (Å²) in [5, 5.41) is 10.5. The van der Waals surface area contributed by atoms with E-state index in [1.807, 2.05) is 0 Å². The monoisotopic (exact) mass is 346 g/mol. The van der Waals surface area contributed by atoms with Crippen LogP contribution in [-0.2, 0) is 6.42 Å². The Hall–Kier alpha value is -0.970. The first-order chi connectivity index (χ1) is 8.97. The zero-order valence-corrected chi connectivity index (χ0v) is 12.0. The molecule has 2 aromatic carbocycles. The molecule has 0 saturated heterocycles. The minimum atomic E-state index is -1.02. The molecular weight excluding hydrogens is 338 g/mol. The normalized spacial score (nSPS) is 12.5.